The molecule has 162 valence electrons. The van der Waals surface area contributed by atoms with Crippen molar-refractivity contribution in [2.24, 2.45) is 11.1 Å². The summed E-state index contributed by atoms with van der Waals surface area (Å²) in [4.78, 5) is 12.8. The molecule has 29 heavy (non-hydrogen) atoms. The van der Waals surface area contributed by atoms with E-state index in [-0.39, 0.29) is 43.0 Å². The van der Waals surface area contributed by atoms with E-state index in [0.29, 0.717) is 12.8 Å². The number of carbonyl (C=O) groups excluding carboxylic acids is 1. The summed E-state index contributed by atoms with van der Waals surface area (Å²) in [5, 5.41) is 11.4. The first-order chi connectivity index (χ1) is 13.0. The minimum atomic E-state index is -0.686. The summed E-state index contributed by atoms with van der Waals surface area (Å²) < 4.78 is 16.5. The Labute approximate surface area is 183 Å². The van der Waals surface area contributed by atoms with E-state index in [1.165, 1.54) is 12.5 Å². The van der Waals surface area contributed by atoms with E-state index in [0.717, 1.165) is 43.0 Å². The number of fused-ring (bicyclic) bond motifs is 1. The Balaban J connectivity index is 0.00000210. The standard InChI is InChI=1S/C20H28FN5O.2ClH/c1-3-20(4-2,13-22)19(27)23-16-12-14(9-10-15(16)21)18-25-24-17-8-6-5-7-11-26(17)18;;/h9-10,12H,3-8,11,13,22H2,1-2H3,(H,23,27);2*1H. The van der Waals surface area contributed by atoms with Gasteiger partial charge in [-0.15, -0.1) is 35.0 Å². The highest BCUT2D eigenvalue weighted by Gasteiger charge is 2.33. The molecule has 1 aliphatic rings. The van der Waals surface area contributed by atoms with Crippen LogP contribution in [-0.2, 0) is 17.8 Å². The maximum Gasteiger partial charge on any atom is 0.231 e. The Hall–Kier alpha value is -1.70. The minimum absolute atomic E-state index is 0. The van der Waals surface area contributed by atoms with E-state index in [1.54, 1.807) is 12.1 Å². The number of anilines is 1. The number of aromatic nitrogens is 3. The number of amides is 1. The van der Waals surface area contributed by atoms with Crippen LogP contribution in [0.4, 0.5) is 10.1 Å². The van der Waals surface area contributed by atoms with Gasteiger partial charge in [0.05, 0.1) is 11.1 Å². The smallest absolute Gasteiger partial charge is 0.231 e. The fourth-order valence-corrected chi connectivity index (χ4v) is 3.67. The van der Waals surface area contributed by atoms with Crippen LogP contribution < -0.4 is 11.1 Å². The summed E-state index contributed by atoms with van der Waals surface area (Å²) in [7, 11) is 0. The van der Waals surface area contributed by atoms with Crippen LogP contribution in [0.5, 0.6) is 0 Å². The molecule has 0 bridgehead atoms. The quantitative estimate of drug-likeness (QED) is 0.691. The van der Waals surface area contributed by atoms with Gasteiger partial charge < -0.3 is 15.6 Å². The van der Waals surface area contributed by atoms with E-state index in [2.05, 4.69) is 20.1 Å². The zero-order chi connectivity index (χ0) is 19.4. The highest BCUT2D eigenvalue weighted by molar-refractivity contribution is 5.96. The summed E-state index contributed by atoms with van der Waals surface area (Å²) >= 11 is 0. The fourth-order valence-electron chi connectivity index (χ4n) is 3.67. The average molecular weight is 446 g/mol. The van der Waals surface area contributed by atoms with Crippen LogP contribution in [0.2, 0.25) is 0 Å². The Kier molecular flexibility index (Phi) is 9.52. The van der Waals surface area contributed by atoms with Crippen LogP contribution in [0.3, 0.4) is 0 Å². The number of hydrogen-bond donors (Lipinski definition) is 2. The summed E-state index contributed by atoms with van der Waals surface area (Å²) in [6.45, 7) is 4.94. The van der Waals surface area contributed by atoms with E-state index >= 15 is 0 Å². The van der Waals surface area contributed by atoms with Gasteiger partial charge in [-0.2, -0.15) is 0 Å². The van der Waals surface area contributed by atoms with Crippen molar-refractivity contribution in [2.75, 3.05) is 11.9 Å². The van der Waals surface area contributed by atoms with Gasteiger partial charge in [-0.3, -0.25) is 4.79 Å². The first-order valence-electron chi connectivity index (χ1n) is 9.78. The molecule has 0 atom stereocenters. The molecule has 0 saturated heterocycles. The second-order valence-corrected chi connectivity index (χ2v) is 7.24. The second kappa shape index (κ2) is 10.9. The Morgan fingerprint density at radius 2 is 1.93 bits per heavy atom. The van der Waals surface area contributed by atoms with E-state index in [4.69, 9.17) is 5.73 Å². The third-order valence-electron chi connectivity index (χ3n) is 5.81. The van der Waals surface area contributed by atoms with Crippen molar-refractivity contribution in [1.29, 1.82) is 0 Å². The van der Waals surface area contributed by atoms with Crippen LogP contribution in [0.1, 0.15) is 51.8 Å². The number of aryl methyl sites for hydroxylation is 1. The predicted molar refractivity (Wildman–Crippen MR) is 118 cm³/mol. The molecule has 2 aromatic rings. The molecule has 0 aliphatic carbocycles. The van der Waals surface area contributed by atoms with E-state index in [9.17, 15) is 9.18 Å². The monoisotopic (exact) mass is 445 g/mol. The van der Waals surface area contributed by atoms with Gasteiger partial charge in [-0.25, -0.2) is 4.39 Å². The maximum atomic E-state index is 14.4. The first kappa shape index (κ1) is 25.3. The molecule has 0 fully saturated rings. The summed E-state index contributed by atoms with van der Waals surface area (Å²) in [5.74, 6) is 0.974. The molecule has 1 aliphatic heterocycles. The lowest BCUT2D eigenvalue weighted by atomic mass is 9.81. The van der Waals surface area contributed by atoms with Crippen molar-refractivity contribution in [3.05, 3.63) is 29.8 Å². The van der Waals surface area contributed by atoms with Gasteiger partial charge in [0, 0.05) is 25.1 Å². The van der Waals surface area contributed by atoms with Crippen LogP contribution >= 0.6 is 24.8 Å². The molecule has 0 unspecified atom stereocenters. The van der Waals surface area contributed by atoms with Gasteiger partial charge in [0.25, 0.3) is 0 Å². The van der Waals surface area contributed by atoms with Crippen LogP contribution in [-0.4, -0.2) is 27.2 Å². The molecule has 1 aromatic carbocycles. The molecule has 3 N–H and O–H groups in total. The second-order valence-electron chi connectivity index (χ2n) is 7.24. The Bertz CT molecular complexity index is 815. The largest absolute Gasteiger partial charge is 0.329 e. The molecule has 9 heteroatoms. The number of rotatable bonds is 6. The molecule has 1 aromatic heterocycles. The molecule has 6 nitrogen and oxygen atoms in total. The molecule has 0 saturated carbocycles. The highest BCUT2D eigenvalue weighted by atomic mass is 35.5. The van der Waals surface area contributed by atoms with Gasteiger partial charge in [-0.1, -0.05) is 20.3 Å². The van der Waals surface area contributed by atoms with Gasteiger partial charge in [0.2, 0.25) is 5.91 Å². The Morgan fingerprint density at radius 1 is 1.21 bits per heavy atom. The number of nitrogens with two attached hydrogens (primary N) is 1. The minimum Gasteiger partial charge on any atom is -0.329 e. The van der Waals surface area contributed by atoms with Crippen molar-refractivity contribution in [3.63, 3.8) is 0 Å². The molecular weight excluding hydrogens is 416 g/mol. The maximum absolute atomic E-state index is 14.4. The highest BCUT2D eigenvalue weighted by Crippen LogP contribution is 2.30. The topological polar surface area (TPSA) is 85.8 Å². The fraction of sp³-hybridized carbons (Fsp3) is 0.550. The molecular formula is C20H30Cl2FN5O. The lowest BCUT2D eigenvalue weighted by molar-refractivity contribution is -0.125. The summed E-state index contributed by atoms with van der Waals surface area (Å²) in [6, 6.07) is 4.69. The third-order valence-corrected chi connectivity index (χ3v) is 5.81. The van der Waals surface area contributed by atoms with Gasteiger partial charge in [-0.05, 0) is 43.9 Å². The zero-order valence-corrected chi connectivity index (χ0v) is 18.5. The predicted octanol–water partition coefficient (Wildman–Crippen LogP) is 4.36. The molecule has 2 heterocycles. The van der Waals surface area contributed by atoms with Crippen molar-refractivity contribution >= 4 is 36.4 Å². The normalized spacial score (nSPS) is 13.5. The van der Waals surface area contributed by atoms with Gasteiger partial charge in [0.1, 0.15) is 11.6 Å². The van der Waals surface area contributed by atoms with Gasteiger partial charge in [0.15, 0.2) is 5.82 Å². The van der Waals surface area contributed by atoms with Crippen molar-refractivity contribution in [2.45, 2.75) is 58.9 Å². The number of nitrogens with one attached hydrogen (secondary N) is 1. The van der Waals surface area contributed by atoms with E-state index < -0.39 is 11.2 Å². The SMILES string of the molecule is CCC(CC)(CN)C(=O)Nc1cc(-c2nnc3n2CCCCC3)ccc1F.Cl.Cl. The van der Waals surface area contributed by atoms with Crippen molar-refractivity contribution in [1.82, 2.24) is 14.8 Å². The van der Waals surface area contributed by atoms with Crippen LogP contribution in [0.25, 0.3) is 11.4 Å². The third kappa shape index (κ3) is 5.08. The molecule has 1 amide bonds. The average Bonchev–Trinajstić information content (AvgIpc) is 2.93. The number of carbonyl (C=O) groups is 1. The van der Waals surface area contributed by atoms with Crippen LogP contribution in [0, 0.1) is 11.2 Å². The number of hydrogen-bond acceptors (Lipinski definition) is 4. The lowest BCUT2D eigenvalue weighted by Crippen LogP contribution is -2.41. The van der Waals surface area contributed by atoms with Crippen molar-refractivity contribution < 1.29 is 9.18 Å². The molecule has 0 spiro atoms. The zero-order valence-electron chi connectivity index (χ0n) is 16.9. The molecule has 3 rings (SSSR count). The summed E-state index contributed by atoms with van der Waals surface area (Å²) in [6.07, 6.45) is 5.47. The van der Waals surface area contributed by atoms with Crippen LogP contribution in [0.15, 0.2) is 18.2 Å². The molecule has 0 radical (unpaired) electrons. The van der Waals surface area contributed by atoms with Crippen molar-refractivity contribution in [3.8, 4) is 11.4 Å². The Morgan fingerprint density at radius 3 is 2.59 bits per heavy atom. The first-order valence-corrected chi connectivity index (χ1v) is 9.78. The summed E-state index contributed by atoms with van der Waals surface area (Å²) in [5.41, 5.74) is 6.06. The number of benzene rings is 1. The van der Waals surface area contributed by atoms with Gasteiger partial charge >= 0.3 is 0 Å². The lowest BCUT2D eigenvalue weighted by Gasteiger charge is -2.28. The number of halogens is 3. The number of nitrogens with zero attached hydrogens (tertiary/aromatic N) is 3. The van der Waals surface area contributed by atoms with E-state index in [1.807, 2.05) is 13.8 Å².